The number of hydrogen-bond acceptors (Lipinski definition) is 2. The third kappa shape index (κ3) is 2.55. The van der Waals surface area contributed by atoms with E-state index in [4.69, 9.17) is 12.2 Å². The van der Waals surface area contributed by atoms with E-state index in [1.54, 1.807) is 0 Å². The molecule has 0 saturated heterocycles. The molecule has 0 fully saturated rings. The Balaban J connectivity index is 4.14. The van der Waals surface area contributed by atoms with E-state index < -0.39 is 5.41 Å². The van der Waals surface area contributed by atoms with Crippen LogP contribution in [0.25, 0.3) is 0 Å². The third-order valence-corrected chi connectivity index (χ3v) is 2.13. The van der Waals surface area contributed by atoms with Gasteiger partial charge in [0.25, 0.3) is 0 Å². The topological polar surface area (TPSA) is 55.1 Å². The molecule has 0 aromatic carbocycles. The van der Waals surface area contributed by atoms with Gasteiger partial charge in [-0.25, -0.2) is 0 Å². The van der Waals surface area contributed by atoms with Crippen LogP contribution in [0, 0.1) is 17.8 Å². The van der Waals surface area contributed by atoms with Gasteiger partial charge in [-0.05, 0) is 13.3 Å². The van der Waals surface area contributed by atoms with Gasteiger partial charge in [-0.1, -0.05) is 12.8 Å². The maximum atomic E-state index is 11.4. The van der Waals surface area contributed by atoms with Crippen molar-refractivity contribution in [3.05, 3.63) is 0 Å². The zero-order chi connectivity index (χ0) is 9.61. The van der Waals surface area contributed by atoms with Crippen molar-refractivity contribution in [2.45, 2.75) is 20.3 Å². The molecule has 3 heteroatoms. The molecule has 0 radical (unpaired) electrons. The highest BCUT2D eigenvalue weighted by Crippen LogP contribution is 2.18. The molecule has 68 valence electrons. The van der Waals surface area contributed by atoms with Gasteiger partial charge < -0.3 is 11.1 Å². The highest BCUT2D eigenvalue weighted by molar-refractivity contribution is 5.82. The molecular formula is C9H16N2O. The van der Waals surface area contributed by atoms with Crippen molar-refractivity contribution >= 4 is 5.91 Å². The van der Waals surface area contributed by atoms with E-state index in [2.05, 4.69) is 11.2 Å². The predicted molar refractivity (Wildman–Crippen MR) is 49.3 cm³/mol. The molecule has 0 rings (SSSR count). The number of terminal acetylenes is 1. The van der Waals surface area contributed by atoms with Crippen LogP contribution in [-0.2, 0) is 4.79 Å². The molecule has 0 bridgehead atoms. The van der Waals surface area contributed by atoms with Crippen LogP contribution in [0.4, 0.5) is 0 Å². The number of rotatable bonds is 4. The van der Waals surface area contributed by atoms with E-state index in [0.717, 1.165) is 6.42 Å². The predicted octanol–water partition coefficient (Wildman–Crippen LogP) is 0.111. The van der Waals surface area contributed by atoms with Gasteiger partial charge in [0.15, 0.2) is 0 Å². The molecule has 1 unspecified atom stereocenters. The fraction of sp³-hybridized carbons (Fsp3) is 0.667. The van der Waals surface area contributed by atoms with Gasteiger partial charge in [0.2, 0.25) is 5.91 Å². The molecule has 3 nitrogen and oxygen atoms in total. The molecule has 1 amide bonds. The van der Waals surface area contributed by atoms with Crippen molar-refractivity contribution < 1.29 is 4.79 Å². The zero-order valence-electron chi connectivity index (χ0n) is 7.68. The molecule has 12 heavy (non-hydrogen) atoms. The Morgan fingerprint density at radius 2 is 2.33 bits per heavy atom. The van der Waals surface area contributed by atoms with Gasteiger partial charge in [0.05, 0.1) is 12.0 Å². The maximum absolute atomic E-state index is 11.4. The Hall–Kier alpha value is -1.01. The number of nitrogens with two attached hydrogens (primary N) is 1. The summed E-state index contributed by atoms with van der Waals surface area (Å²) in [5, 5.41) is 2.62. The Kier molecular flexibility index (Phi) is 4.38. The average molecular weight is 168 g/mol. The van der Waals surface area contributed by atoms with Gasteiger partial charge in [0.1, 0.15) is 0 Å². The summed E-state index contributed by atoms with van der Waals surface area (Å²) in [6.45, 7) is 4.38. The number of carbonyl (C=O) groups is 1. The minimum Gasteiger partial charge on any atom is -0.345 e. The van der Waals surface area contributed by atoms with Crippen LogP contribution in [0.3, 0.4) is 0 Å². The molecule has 3 N–H and O–H groups in total. The van der Waals surface area contributed by atoms with Crippen LogP contribution in [-0.4, -0.2) is 19.0 Å². The molecule has 0 heterocycles. The van der Waals surface area contributed by atoms with Gasteiger partial charge in [-0.2, -0.15) is 0 Å². The van der Waals surface area contributed by atoms with Crippen LogP contribution < -0.4 is 11.1 Å². The van der Waals surface area contributed by atoms with Crippen molar-refractivity contribution in [3.8, 4) is 12.3 Å². The Morgan fingerprint density at radius 1 is 1.75 bits per heavy atom. The SMILES string of the molecule is C#CCNC(=O)C(C)(CC)CN. The monoisotopic (exact) mass is 168 g/mol. The summed E-state index contributed by atoms with van der Waals surface area (Å²) in [4.78, 5) is 11.4. The molecule has 1 atom stereocenters. The van der Waals surface area contributed by atoms with E-state index >= 15 is 0 Å². The Morgan fingerprint density at radius 3 is 2.67 bits per heavy atom. The second-order valence-electron chi connectivity index (χ2n) is 3.01. The fourth-order valence-corrected chi connectivity index (χ4v) is 0.742. The second-order valence-corrected chi connectivity index (χ2v) is 3.01. The molecule has 0 saturated carbocycles. The first-order valence-corrected chi connectivity index (χ1v) is 4.02. The lowest BCUT2D eigenvalue weighted by molar-refractivity contribution is -0.129. The largest absolute Gasteiger partial charge is 0.345 e. The first-order valence-electron chi connectivity index (χ1n) is 4.02. The molecule has 0 aliphatic carbocycles. The highest BCUT2D eigenvalue weighted by Gasteiger charge is 2.28. The summed E-state index contributed by atoms with van der Waals surface area (Å²) in [5.41, 5.74) is 5.00. The van der Waals surface area contributed by atoms with Crippen molar-refractivity contribution in [2.24, 2.45) is 11.1 Å². The maximum Gasteiger partial charge on any atom is 0.227 e. The zero-order valence-corrected chi connectivity index (χ0v) is 7.68. The smallest absolute Gasteiger partial charge is 0.227 e. The molecule has 0 aromatic heterocycles. The van der Waals surface area contributed by atoms with E-state index in [1.807, 2.05) is 13.8 Å². The number of carbonyl (C=O) groups excluding carboxylic acids is 1. The standard InChI is InChI=1S/C9H16N2O/c1-4-6-11-8(12)9(3,5-2)7-10/h1H,5-7,10H2,2-3H3,(H,11,12). The summed E-state index contributed by atoms with van der Waals surface area (Å²) in [6, 6.07) is 0. The Bertz CT molecular complexity index is 189. The van der Waals surface area contributed by atoms with Gasteiger partial charge in [-0.15, -0.1) is 6.42 Å². The van der Waals surface area contributed by atoms with Crippen LogP contribution in [0.2, 0.25) is 0 Å². The first kappa shape index (κ1) is 11.0. The summed E-state index contributed by atoms with van der Waals surface area (Å²) in [6.07, 6.45) is 5.73. The van der Waals surface area contributed by atoms with E-state index in [-0.39, 0.29) is 12.5 Å². The highest BCUT2D eigenvalue weighted by atomic mass is 16.2. The number of nitrogens with one attached hydrogen (secondary N) is 1. The summed E-state index contributed by atoms with van der Waals surface area (Å²) < 4.78 is 0. The van der Waals surface area contributed by atoms with Crippen LogP contribution in [0.15, 0.2) is 0 Å². The minimum atomic E-state index is -0.475. The number of hydrogen-bond donors (Lipinski definition) is 2. The van der Waals surface area contributed by atoms with Crippen LogP contribution in [0.5, 0.6) is 0 Å². The summed E-state index contributed by atoms with van der Waals surface area (Å²) in [7, 11) is 0. The van der Waals surface area contributed by atoms with E-state index in [0.29, 0.717) is 6.54 Å². The van der Waals surface area contributed by atoms with Gasteiger partial charge >= 0.3 is 0 Å². The van der Waals surface area contributed by atoms with Gasteiger partial charge in [0, 0.05) is 6.54 Å². The first-order chi connectivity index (χ1) is 5.60. The molecule has 0 aliphatic heterocycles. The minimum absolute atomic E-state index is 0.0644. The van der Waals surface area contributed by atoms with Crippen molar-refractivity contribution in [2.75, 3.05) is 13.1 Å². The summed E-state index contributed by atoms with van der Waals surface area (Å²) in [5.74, 6) is 2.28. The lowest BCUT2D eigenvalue weighted by Crippen LogP contribution is -2.43. The quantitative estimate of drug-likeness (QED) is 0.585. The number of amides is 1. The molecule has 0 aromatic rings. The van der Waals surface area contributed by atoms with Crippen molar-refractivity contribution in [1.82, 2.24) is 5.32 Å². The van der Waals surface area contributed by atoms with Gasteiger partial charge in [-0.3, -0.25) is 4.79 Å². The third-order valence-electron chi connectivity index (χ3n) is 2.13. The fourth-order valence-electron chi connectivity index (χ4n) is 0.742. The second kappa shape index (κ2) is 4.78. The van der Waals surface area contributed by atoms with E-state index in [9.17, 15) is 4.79 Å². The average Bonchev–Trinajstić information content (AvgIpc) is 2.12. The molecular weight excluding hydrogens is 152 g/mol. The van der Waals surface area contributed by atoms with Crippen LogP contribution >= 0.6 is 0 Å². The molecule has 0 aliphatic rings. The Labute approximate surface area is 73.7 Å². The van der Waals surface area contributed by atoms with Crippen molar-refractivity contribution in [1.29, 1.82) is 0 Å². The molecule has 0 spiro atoms. The lowest BCUT2D eigenvalue weighted by Gasteiger charge is -2.24. The van der Waals surface area contributed by atoms with Crippen molar-refractivity contribution in [3.63, 3.8) is 0 Å². The van der Waals surface area contributed by atoms with Crippen LogP contribution in [0.1, 0.15) is 20.3 Å². The normalized spacial score (nSPS) is 14.5. The summed E-state index contributed by atoms with van der Waals surface area (Å²) >= 11 is 0. The van der Waals surface area contributed by atoms with E-state index in [1.165, 1.54) is 0 Å². The lowest BCUT2D eigenvalue weighted by atomic mass is 9.87.